The molecule has 0 aliphatic carbocycles. The monoisotopic (exact) mass is 263 g/mol. The molecule has 1 aromatic rings. The summed E-state index contributed by atoms with van der Waals surface area (Å²) in [6, 6.07) is 4.74. The second kappa shape index (κ2) is 6.36. The van der Waals surface area contributed by atoms with Gasteiger partial charge in [-0.1, -0.05) is 36.2 Å². The van der Waals surface area contributed by atoms with E-state index in [9.17, 15) is 14.7 Å². The Hall–Kier alpha value is -1.84. The zero-order chi connectivity index (χ0) is 14.6. The molecule has 1 N–H and O–H groups in total. The Morgan fingerprint density at radius 1 is 1.21 bits per heavy atom. The van der Waals surface area contributed by atoms with Crippen molar-refractivity contribution in [3.63, 3.8) is 0 Å². The van der Waals surface area contributed by atoms with Gasteiger partial charge in [-0.3, -0.25) is 4.79 Å². The molecule has 0 aliphatic rings. The molecule has 1 unspecified atom stereocenters. The molecule has 0 spiro atoms. The molecule has 4 heteroatoms. The maximum absolute atomic E-state index is 11.7. The highest BCUT2D eigenvalue weighted by atomic mass is 16.4. The van der Waals surface area contributed by atoms with E-state index in [4.69, 9.17) is 0 Å². The summed E-state index contributed by atoms with van der Waals surface area (Å²) in [6.07, 6.45) is 0.730. The van der Waals surface area contributed by atoms with Gasteiger partial charge in [0.25, 0.3) is 0 Å². The van der Waals surface area contributed by atoms with E-state index in [1.807, 2.05) is 39.0 Å². The zero-order valence-corrected chi connectivity index (χ0v) is 11.9. The van der Waals surface area contributed by atoms with Crippen LogP contribution in [0.1, 0.15) is 43.0 Å². The van der Waals surface area contributed by atoms with E-state index >= 15 is 0 Å². The first-order chi connectivity index (χ1) is 8.86. The van der Waals surface area contributed by atoms with Crippen molar-refractivity contribution in [1.29, 1.82) is 0 Å². The van der Waals surface area contributed by atoms with E-state index in [-0.39, 0.29) is 5.91 Å². The fraction of sp³-hybridized carbons (Fsp3) is 0.467. The third-order valence-corrected chi connectivity index (χ3v) is 2.97. The van der Waals surface area contributed by atoms with Crippen LogP contribution in [0, 0.1) is 13.8 Å². The van der Waals surface area contributed by atoms with Gasteiger partial charge in [-0.05, 0) is 25.8 Å². The normalized spacial score (nSPS) is 12.0. The van der Waals surface area contributed by atoms with Crippen LogP contribution in [-0.2, 0) is 9.59 Å². The Balaban J connectivity index is 3.25. The van der Waals surface area contributed by atoms with Gasteiger partial charge in [0, 0.05) is 13.5 Å². The molecule has 0 saturated carbocycles. The van der Waals surface area contributed by atoms with Crippen LogP contribution in [0.15, 0.2) is 18.2 Å². The second-order valence-electron chi connectivity index (χ2n) is 4.87. The maximum Gasteiger partial charge on any atom is 0.331 e. The number of carbonyl (C=O) groups excluding carboxylic acids is 1. The highest BCUT2D eigenvalue weighted by Crippen LogP contribution is 2.24. The largest absolute Gasteiger partial charge is 0.479 e. The molecule has 0 aromatic heterocycles. The molecule has 19 heavy (non-hydrogen) atoms. The number of amides is 1. The highest BCUT2D eigenvalue weighted by molar-refractivity contribution is 5.83. The van der Waals surface area contributed by atoms with E-state index in [1.165, 1.54) is 11.8 Å². The van der Waals surface area contributed by atoms with Crippen molar-refractivity contribution in [2.24, 2.45) is 0 Å². The number of hydrogen-bond donors (Lipinski definition) is 1. The van der Waals surface area contributed by atoms with E-state index in [1.54, 1.807) is 0 Å². The Labute approximate surface area is 114 Å². The van der Waals surface area contributed by atoms with Crippen molar-refractivity contribution in [2.75, 3.05) is 6.54 Å². The molecule has 1 amide bonds. The van der Waals surface area contributed by atoms with Crippen LogP contribution in [-0.4, -0.2) is 28.4 Å². The van der Waals surface area contributed by atoms with E-state index in [0.717, 1.165) is 17.5 Å². The van der Waals surface area contributed by atoms with Crippen LogP contribution in [0.5, 0.6) is 0 Å². The SMILES string of the molecule is CCCN(C(C)=O)C(C(=O)O)c1cc(C)cc(C)c1. The van der Waals surface area contributed by atoms with Crippen molar-refractivity contribution in [3.8, 4) is 0 Å². The van der Waals surface area contributed by atoms with E-state index in [0.29, 0.717) is 12.1 Å². The van der Waals surface area contributed by atoms with Gasteiger partial charge < -0.3 is 10.0 Å². The summed E-state index contributed by atoms with van der Waals surface area (Å²) in [6.45, 7) is 7.63. The number of nitrogens with zero attached hydrogens (tertiary/aromatic N) is 1. The van der Waals surface area contributed by atoms with E-state index in [2.05, 4.69) is 0 Å². The van der Waals surface area contributed by atoms with Crippen molar-refractivity contribution >= 4 is 11.9 Å². The lowest BCUT2D eigenvalue weighted by atomic mass is 10.00. The van der Waals surface area contributed by atoms with Crippen LogP contribution >= 0.6 is 0 Å². The first kappa shape index (κ1) is 15.2. The molecule has 0 saturated heterocycles. The second-order valence-corrected chi connectivity index (χ2v) is 4.87. The Morgan fingerprint density at radius 3 is 2.11 bits per heavy atom. The Morgan fingerprint density at radius 2 is 1.74 bits per heavy atom. The van der Waals surface area contributed by atoms with Crippen molar-refractivity contribution in [3.05, 3.63) is 34.9 Å². The average molecular weight is 263 g/mol. The van der Waals surface area contributed by atoms with Gasteiger partial charge in [0.15, 0.2) is 6.04 Å². The van der Waals surface area contributed by atoms with E-state index < -0.39 is 12.0 Å². The van der Waals surface area contributed by atoms with Gasteiger partial charge in [-0.15, -0.1) is 0 Å². The summed E-state index contributed by atoms with van der Waals surface area (Å²) in [5, 5.41) is 9.46. The quantitative estimate of drug-likeness (QED) is 0.888. The van der Waals surface area contributed by atoms with Crippen LogP contribution < -0.4 is 0 Å². The lowest BCUT2D eigenvalue weighted by molar-refractivity contribution is -0.149. The molecule has 4 nitrogen and oxygen atoms in total. The van der Waals surface area contributed by atoms with Gasteiger partial charge in [-0.2, -0.15) is 0 Å². The highest BCUT2D eigenvalue weighted by Gasteiger charge is 2.29. The molecular weight excluding hydrogens is 242 g/mol. The summed E-state index contributed by atoms with van der Waals surface area (Å²) >= 11 is 0. The summed E-state index contributed by atoms with van der Waals surface area (Å²) in [7, 11) is 0. The predicted octanol–water partition coefficient (Wildman–Crippen LogP) is 2.69. The van der Waals surface area contributed by atoms with Gasteiger partial charge in [0.2, 0.25) is 5.91 Å². The fourth-order valence-electron chi connectivity index (χ4n) is 2.33. The number of carbonyl (C=O) groups is 2. The number of aliphatic carboxylic acids is 1. The minimum absolute atomic E-state index is 0.214. The fourth-order valence-corrected chi connectivity index (χ4v) is 2.33. The molecule has 1 atom stereocenters. The number of benzene rings is 1. The van der Waals surface area contributed by atoms with Crippen LogP contribution in [0.4, 0.5) is 0 Å². The topological polar surface area (TPSA) is 57.6 Å². The summed E-state index contributed by atoms with van der Waals surface area (Å²) < 4.78 is 0. The minimum Gasteiger partial charge on any atom is -0.479 e. The van der Waals surface area contributed by atoms with Crippen molar-refractivity contribution in [1.82, 2.24) is 4.90 Å². The first-order valence-corrected chi connectivity index (χ1v) is 6.45. The van der Waals surface area contributed by atoms with Crippen LogP contribution in [0.3, 0.4) is 0 Å². The molecule has 0 bridgehead atoms. The van der Waals surface area contributed by atoms with Crippen molar-refractivity contribution < 1.29 is 14.7 Å². The summed E-state index contributed by atoms with van der Waals surface area (Å²) in [4.78, 5) is 24.6. The lowest BCUT2D eigenvalue weighted by Gasteiger charge is -2.28. The first-order valence-electron chi connectivity index (χ1n) is 6.45. The predicted molar refractivity (Wildman–Crippen MR) is 74.0 cm³/mol. The molecular formula is C15H21NO3. The Bertz CT molecular complexity index is 462. The minimum atomic E-state index is -0.992. The number of carboxylic acid groups (broad SMARTS) is 1. The smallest absolute Gasteiger partial charge is 0.331 e. The lowest BCUT2D eigenvalue weighted by Crippen LogP contribution is -2.38. The number of hydrogen-bond acceptors (Lipinski definition) is 2. The molecule has 1 aromatic carbocycles. The molecule has 0 radical (unpaired) electrons. The standard InChI is InChI=1S/C15H21NO3/c1-5-6-16(12(4)17)14(15(18)19)13-8-10(2)7-11(3)9-13/h7-9,14H,5-6H2,1-4H3,(H,18,19). The Kier molecular flexibility index (Phi) is 5.10. The molecule has 1 rings (SSSR count). The molecule has 0 heterocycles. The molecule has 0 fully saturated rings. The number of rotatable bonds is 5. The van der Waals surface area contributed by atoms with Crippen LogP contribution in [0.25, 0.3) is 0 Å². The number of aryl methyl sites for hydroxylation is 2. The van der Waals surface area contributed by atoms with Gasteiger partial charge in [0.1, 0.15) is 0 Å². The van der Waals surface area contributed by atoms with Gasteiger partial charge in [-0.25, -0.2) is 4.79 Å². The van der Waals surface area contributed by atoms with Gasteiger partial charge >= 0.3 is 5.97 Å². The summed E-state index contributed by atoms with van der Waals surface area (Å²) in [5.41, 5.74) is 2.66. The van der Waals surface area contributed by atoms with Crippen LogP contribution in [0.2, 0.25) is 0 Å². The van der Waals surface area contributed by atoms with Crippen molar-refractivity contribution in [2.45, 2.75) is 40.2 Å². The molecule has 0 aliphatic heterocycles. The average Bonchev–Trinajstić information content (AvgIpc) is 2.26. The number of carboxylic acids is 1. The summed E-state index contributed by atoms with van der Waals surface area (Å²) in [5.74, 6) is -1.21. The molecule has 104 valence electrons. The third-order valence-electron chi connectivity index (χ3n) is 2.97. The third kappa shape index (κ3) is 3.81. The maximum atomic E-state index is 11.7. The van der Waals surface area contributed by atoms with Gasteiger partial charge in [0.05, 0.1) is 0 Å². The zero-order valence-electron chi connectivity index (χ0n) is 11.9.